The van der Waals surface area contributed by atoms with Gasteiger partial charge in [-0.05, 0) is 42.5 Å². The minimum Gasteiger partial charge on any atom is -0.508 e. The van der Waals surface area contributed by atoms with E-state index in [0.717, 1.165) is 11.1 Å². The Hall–Kier alpha value is -3.92. The molecule has 7 N–H and O–H groups in total. The number of rotatable bonds is 12. The van der Waals surface area contributed by atoms with Gasteiger partial charge in [0.2, 0.25) is 17.7 Å². The summed E-state index contributed by atoms with van der Waals surface area (Å²) in [5.74, 6) is -3.26. The van der Waals surface area contributed by atoms with Gasteiger partial charge >= 0.3 is 5.97 Å². The highest BCUT2D eigenvalue weighted by molar-refractivity contribution is 5.94. The molecule has 2 rings (SSSR count). The highest BCUT2D eigenvalue weighted by Gasteiger charge is 2.30. The second-order valence-electron chi connectivity index (χ2n) is 9.03. The summed E-state index contributed by atoms with van der Waals surface area (Å²) in [6.45, 7) is 4.80. The largest absolute Gasteiger partial charge is 0.508 e. The summed E-state index contributed by atoms with van der Waals surface area (Å²) >= 11 is 0. The van der Waals surface area contributed by atoms with Crippen molar-refractivity contribution in [1.29, 1.82) is 0 Å². The van der Waals surface area contributed by atoms with Crippen LogP contribution in [0.25, 0.3) is 0 Å². The van der Waals surface area contributed by atoms with E-state index in [2.05, 4.69) is 16.0 Å². The minimum absolute atomic E-state index is 0.0965. The van der Waals surface area contributed by atoms with Crippen molar-refractivity contribution in [1.82, 2.24) is 16.0 Å². The smallest absolute Gasteiger partial charge is 0.326 e. The van der Waals surface area contributed by atoms with E-state index in [0.29, 0.717) is 0 Å². The first-order valence-electron chi connectivity index (χ1n) is 11.7. The van der Waals surface area contributed by atoms with E-state index in [1.807, 2.05) is 6.07 Å². The van der Waals surface area contributed by atoms with Gasteiger partial charge in [-0.2, -0.15) is 0 Å². The number of hydrogen-bond acceptors (Lipinski definition) is 6. The zero-order valence-electron chi connectivity index (χ0n) is 20.6. The number of aromatic hydroxyl groups is 1. The number of carbonyl (C=O) groups excluding carboxylic acids is 3. The summed E-state index contributed by atoms with van der Waals surface area (Å²) in [6, 6.07) is 11.1. The van der Waals surface area contributed by atoms with Crippen LogP contribution in [-0.4, -0.2) is 58.1 Å². The van der Waals surface area contributed by atoms with Gasteiger partial charge in [-0.25, -0.2) is 4.79 Å². The molecule has 10 heteroatoms. The zero-order valence-corrected chi connectivity index (χ0v) is 20.6. The molecule has 0 aliphatic heterocycles. The number of carboxylic acids is 1. The molecule has 4 unspecified atom stereocenters. The molecule has 36 heavy (non-hydrogen) atoms. The first-order chi connectivity index (χ1) is 17.0. The monoisotopic (exact) mass is 498 g/mol. The van der Waals surface area contributed by atoms with E-state index in [1.165, 1.54) is 19.1 Å². The molecule has 0 bridgehead atoms. The Balaban J connectivity index is 2.06. The molecule has 0 radical (unpaired) electrons. The maximum Gasteiger partial charge on any atom is 0.326 e. The second kappa shape index (κ2) is 13.2. The van der Waals surface area contributed by atoms with Crippen LogP contribution in [0.15, 0.2) is 54.6 Å². The molecule has 2 aromatic rings. The molecule has 4 atom stereocenters. The predicted octanol–water partition coefficient (Wildman–Crippen LogP) is 0.720. The molecule has 0 spiro atoms. The normalized spacial score (nSPS) is 14.2. The van der Waals surface area contributed by atoms with Gasteiger partial charge in [-0.1, -0.05) is 56.3 Å². The van der Waals surface area contributed by atoms with Crippen LogP contribution in [0.2, 0.25) is 0 Å². The lowest BCUT2D eigenvalue weighted by molar-refractivity contribution is -0.143. The fraction of sp³-hybridized carbons (Fsp3) is 0.385. The quantitative estimate of drug-likeness (QED) is 0.250. The molecule has 10 nitrogen and oxygen atoms in total. The molecule has 2 aromatic carbocycles. The van der Waals surface area contributed by atoms with E-state index >= 15 is 0 Å². The Labute approximate surface area is 210 Å². The third-order valence-electron chi connectivity index (χ3n) is 5.63. The van der Waals surface area contributed by atoms with Crippen LogP contribution in [0.3, 0.4) is 0 Å². The Morgan fingerprint density at radius 2 is 1.36 bits per heavy atom. The van der Waals surface area contributed by atoms with Crippen LogP contribution in [0.5, 0.6) is 5.75 Å². The minimum atomic E-state index is -1.17. The molecule has 0 aliphatic carbocycles. The van der Waals surface area contributed by atoms with Crippen LogP contribution in [0.4, 0.5) is 0 Å². The standard InChI is InChI=1S/C26H34N4O6/c1-15(2)22(26(35)36)30-25(34)21(14-17-7-5-4-6-8-17)29-23(32)16(3)28-24(33)20(27)13-18-9-11-19(31)12-10-18/h4-12,15-16,20-22,31H,13-14,27H2,1-3H3,(H,28,33)(H,29,32)(H,30,34)(H,35,36). The predicted molar refractivity (Wildman–Crippen MR) is 134 cm³/mol. The molecule has 0 saturated heterocycles. The number of aliphatic carboxylic acids is 1. The highest BCUT2D eigenvalue weighted by atomic mass is 16.4. The van der Waals surface area contributed by atoms with E-state index in [9.17, 15) is 29.4 Å². The van der Waals surface area contributed by atoms with Gasteiger partial charge in [0.25, 0.3) is 0 Å². The molecular weight excluding hydrogens is 464 g/mol. The van der Waals surface area contributed by atoms with Crippen molar-refractivity contribution in [3.05, 3.63) is 65.7 Å². The van der Waals surface area contributed by atoms with Crippen molar-refractivity contribution < 1.29 is 29.4 Å². The number of phenolic OH excluding ortho intramolecular Hbond substituents is 1. The maximum atomic E-state index is 13.0. The van der Waals surface area contributed by atoms with Crippen molar-refractivity contribution in [2.24, 2.45) is 11.7 Å². The summed E-state index contributed by atoms with van der Waals surface area (Å²) in [5.41, 5.74) is 7.48. The Morgan fingerprint density at radius 3 is 1.92 bits per heavy atom. The maximum absolute atomic E-state index is 13.0. The number of hydrogen-bond donors (Lipinski definition) is 6. The van der Waals surface area contributed by atoms with Crippen molar-refractivity contribution in [2.45, 2.75) is 57.8 Å². The average Bonchev–Trinajstić information content (AvgIpc) is 2.83. The summed E-state index contributed by atoms with van der Waals surface area (Å²) in [4.78, 5) is 49.9. The van der Waals surface area contributed by atoms with Crippen LogP contribution < -0.4 is 21.7 Å². The third-order valence-corrected chi connectivity index (χ3v) is 5.63. The molecule has 0 aromatic heterocycles. The molecule has 3 amide bonds. The van der Waals surface area contributed by atoms with Crippen molar-refractivity contribution in [3.8, 4) is 5.75 Å². The average molecular weight is 499 g/mol. The lowest BCUT2D eigenvalue weighted by atomic mass is 10.0. The van der Waals surface area contributed by atoms with Crippen LogP contribution in [0, 0.1) is 5.92 Å². The van der Waals surface area contributed by atoms with E-state index in [4.69, 9.17) is 5.73 Å². The number of carboxylic acid groups (broad SMARTS) is 1. The van der Waals surface area contributed by atoms with Gasteiger partial charge < -0.3 is 31.9 Å². The summed E-state index contributed by atoms with van der Waals surface area (Å²) < 4.78 is 0. The number of amides is 3. The van der Waals surface area contributed by atoms with Crippen molar-refractivity contribution in [3.63, 3.8) is 0 Å². The fourth-order valence-electron chi connectivity index (χ4n) is 3.49. The highest BCUT2D eigenvalue weighted by Crippen LogP contribution is 2.11. The van der Waals surface area contributed by atoms with E-state index < -0.39 is 47.9 Å². The topological polar surface area (TPSA) is 171 Å². The van der Waals surface area contributed by atoms with Crippen LogP contribution in [0.1, 0.15) is 31.9 Å². The SMILES string of the molecule is CC(NC(=O)C(N)Cc1ccc(O)cc1)C(=O)NC(Cc1ccccc1)C(=O)NC(C(=O)O)C(C)C. The number of carbonyl (C=O) groups is 4. The third kappa shape index (κ3) is 8.70. The number of phenols is 1. The van der Waals surface area contributed by atoms with E-state index in [-0.39, 0.29) is 24.5 Å². The van der Waals surface area contributed by atoms with Crippen molar-refractivity contribution >= 4 is 23.7 Å². The van der Waals surface area contributed by atoms with Gasteiger partial charge in [0.1, 0.15) is 23.9 Å². The lowest BCUT2D eigenvalue weighted by Gasteiger charge is -2.25. The Bertz CT molecular complexity index is 1040. The van der Waals surface area contributed by atoms with Gasteiger partial charge in [0, 0.05) is 6.42 Å². The van der Waals surface area contributed by atoms with Gasteiger partial charge in [0.05, 0.1) is 6.04 Å². The molecule has 194 valence electrons. The summed E-state index contributed by atoms with van der Waals surface area (Å²) in [5, 5.41) is 26.5. The molecule has 0 aliphatic rings. The lowest BCUT2D eigenvalue weighted by Crippen LogP contribution is -2.57. The van der Waals surface area contributed by atoms with Crippen molar-refractivity contribution in [2.75, 3.05) is 0 Å². The molecule has 0 fully saturated rings. The Morgan fingerprint density at radius 1 is 0.778 bits per heavy atom. The molecule has 0 heterocycles. The number of nitrogens with one attached hydrogen (secondary N) is 3. The molecular formula is C26H34N4O6. The van der Waals surface area contributed by atoms with Gasteiger partial charge in [0.15, 0.2) is 0 Å². The second-order valence-corrected chi connectivity index (χ2v) is 9.03. The first kappa shape index (κ1) is 28.3. The summed E-state index contributed by atoms with van der Waals surface area (Å²) in [7, 11) is 0. The van der Waals surface area contributed by atoms with Crippen LogP contribution >= 0.6 is 0 Å². The van der Waals surface area contributed by atoms with Gasteiger partial charge in [-0.15, -0.1) is 0 Å². The fourth-order valence-corrected chi connectivity index (χ4v) is 3.49. The Kier molecular flexibility index (Phi) is 10.4. The molecule has 0 saturated carbocycles. The number of nitrogens with two attached hydrogens (primary N) is 1. The van der Waals surface area contributed by atoms with E-state index in [1.54, 1.807) is 50.2 Å². The van der Waals surface area contributed by atoms with Crippen LogP contribution in [-0.2, 0) is 32.0 Å². The first-order valence-corrected chi connectivity index (χ1v) is 11.7. The zero-order chi connectivity index (χ0) is 26.8. The summed E-state index contributed by atoms with van der Waals surface area (Å²) in [6.07, 6.45) is 0.329. The number of benzene rings is 2. The van der Waals surface area contributed by atoms with Gasteiger partial charge in [-0.3, -0.25) is 14.4 Å².